The maximum Gasteiger partial charge on any atom is 0.339 e. The van der Waals surface area contributed by atoms with Crippen molar-refractivity contribution >= 4 is 11.8 Å². The summed E-state index contributed by atoms with van der Waals surface area (Å²) in [5, 5.41) is 3.45. The molecule has 0 spiro atoms. The summed E-state index contributed by atoms with van der Waals surface area (Å²) in [6.45, 7) is 8.13. The zero-order valence-corrected chi connectivity index (χ0v) is 13.2. The molecule has 21 heavy (non-hydrogen) atoms. The van der Waals surface area contributed by atoms with Gasteiger partial charge < -0.3 is 15.0 Å². The van der Waals surface area contributed by atoms with Crippen molar-refractivity contribution in [2.45, 2.75) is 26.7 Å². The van der Waals surface area contributed by atoms with Gasteiger partial charge in [-0.15, -0.1) is 0 Å². The monoisotopic (exact) mass is 291 g/mol. The number of carbonyl (C=O) groups excluding carboxylic acids is 1. The van der Waals surface area contributed by atoms with Gasteiger partial charge in [-0.25, -0.2) is 9.78 Å². The fourth-order valence-electron chi connectivity index (χ4n) is 2.83. The molecule has 1 aromatic rings. The van der Waals surface area contributed by atoms with E-state index in [4.69, 9.17) is 4.74 Å². The number of hydrogen-bond acceptors (Lipinski definition) is 5. The van der Waals surface area contributed by atoms with Crippen molar-refractivity contribution < 1.29 is 9.53 Å². The van der Waals surface area contributed by atoms with Crippen molar-refractivity contribution in [3.63, 3.8) is 0 Å². The van der Waals surface area contributed by atoms with E-state index < -0.39 is 0 Å². The molecule has 0 bridgehead atoms. The maximum absolute atomic E-state index is 11.6. The van der Waals surface area contributed by atoms with Gasteiger partial charge >= 0.3 is 5.97 Å². The Hall–Kier alpha value is -1.62. The van der Waals surface area contributed by atoms with E-state index in [0.29, 0.717) is 11.5 Å². The summed E-state index contributed by atoms with van der Waals surface area (Å²) in [4.78, 5) is 18.5. The Morgan fingerprint density at radius 1 is 1.52 bits per heavy atom. The molecule has 0 amide bonds. The molecule has 2 rings (SSSR count). The molecule has 1 aliphatic rings. The predicted molar refractivity (Wildman–Crippen MR) is 83.8 cm³/mol. The van der Waals surface area contributed by atoms with Crippen molar-refractivity contribution in [1.82, 2.24) is 10.3 Å². The number of methoxy groups -OCH3 is 1. The number of piperidine rings is 1. The van der Waals surface area contributed by atoms with Gasteiger partial charge in [0.15, 0.2) is 0 Å². The Kier molecular flexibility index (Phi) is 5.56. The van der Waals surface area contributed by atoms with Crippen LogP contribution in [0.1, 0.15) is 35.8 Å². The summed E-state index contributed by atoms with van der Waals surface area (Å²) in [6.07, 6.45) is 2.51. The zero-order valence-electron chi connectivity index (χ0n) is 13.2. The van der Waals surface area contributed by atoms with Crippen LogP contribution in [0, 0.1) is 12.8 Å². The lowest BCUT2D eigenvalue weighted by Crippen LogP contribution is -2.38. The first-order chi connectivity index (χ1) is 10.2. The maximum atomic E-state index is 11.6. The van der Waals surface area contributed by atoms with E-state index in [2.05, 4.69) is 22.1 Å². The second kappa shape index (κ2) is 7.41. The standard InChI is InChI=1S/C16H25N3O2/c1-4-19(11-13-6-5-9-17-10-13)15-8-7-14(12(2)18-15)16(20)21-3/h7-8,13,17H,4-6,9-11H2,1-3H3. The van der Waals surface area contributed by atoms with Crippen LogP contribution >= 0.6 is 0 Å². The van der Waals surface area contributed by atoms with E-state index in [-0.39, 0.29) is 5.97 Å². The van der Waals surface area contributed by atoms with Crippen molar-refractivity contribution in [2.75, 3.05) is 38.2 Å². The molecule has 0 aromatic carbocycles. The second-order valence-electron chi connectivity index (χ2n) is 5.55. The number of anilines is 1. The van der Waals surface area contributed by atoms with Gasteiger partial charge in [-0.2, -0.15) is 0 Å². The number of aryl methyl sites for hydroxylation is 1. The molecule has 116 valence electrons. The lowest BCUT2D eigenvalue weighted by Gasteiger charge is -2.30. The van der Waals surface area contributed by atoms with Crippen LogP contribution in [0.5, 0.6) is 0 Å². The van der Waals surface area contributed by atoms with Crippen LogP contribution in [-0.2, 0) is 4.74 Å². The van der Waals surface area contributed by atoms with E-state index in [1.807, 2.05) is 19.1 Å². The number of hydrogen-bond donors (Lipinski definition) is 1. The number of pyridine rings is 1. The highest BCUT2D eigenvalue weighted by atomic mass is 16.5. The third-order valence-electron chi connectivity index (χ3n) is 4.06. The Bertz CT molecular complexity index is 484. The summed E-state index contributed by atoms with van der Waals surface area (Å²) in [5.74, 6) is 1.28. The molecular formula is C16H25N3O2. The first-order valence-corrected chi connectivity index (χ1v) is 7.67. The van der Waals surface area contributed by atoms with Crippen LogP contribution in [-0.4, -0.2) is 44.2 Å². The predicted octanol–water partition coefficient (Wildman–Crippen LogP) is 2.00. The normalized spacial score (nSPS) is 18.3. The third-order valence-corrected chi connectivity index (χ3v) is 4.06. The number of nitrogens with zero attached hydrogens (tertiary/aromatic N) is 2. The Morgan fingerprint density at radius 2 is 2.33 bits per heavy atom. The minimum Gasteiger partial charge on any atom is -0.465 e. The van der Waals surface area contributed by atoms with Crippen LogP contribution in [0.2, 0.25) is 0 Å². The SMILES string of the molecule is CCN(CC1CCCNC1)c1ccc(C(=O)OC)c(C)n1. The molecule has 5 heteroatoms. The molecule has 0 aliphatic carbocycles. The Morgan fingerprint density at radius 3 is 2.90 bits per heavy atom. The largest absolute Gasteiger partial charge is 0.465 e. The van der Waals surface area contributed by atoms with Gasteiger partial charge in [-0.1, -0.05) is 0 Å². The van der Waals surface area contributed by atoms with Gasteiger partial charge in [0.1, 0.15) is 5.82 Å². The Balaban J connectivity index is 2.10. The highest BCUT2D eigenvalue weighted by Gasteiger charge is 2.18. The minimum atomic E-state index is -0.328. The second-order valence-corrected chi connectivity index (χ2v) is 5.55. The summed E-state index contributed by atoms with van der Waals surface area (Å²) < 4.78 is 4.76. The lowest BCUT2D eigenvalue weighted by molar-refractivity contribution is 0.0599. The quantitative estimate of drug-likeness (QED) is 0.841. The van der Waals surface area contributed by atoms with Gasteiger partial charge in [0.2, 0.25) is 0 Å². The number of aromatic nitrogens is 1. The average Bonchev–Trinajstić information content (AvgIpc) is 2.52. The molecule has 1 atom stereocenters. The Labute approximate surface area is 126 Å². The summed E-state index contributed by atoms with van der Waals surface area (Å²) in [7, 11) is 1.39. The van der Waals surface area contributed by atoms with E-state index in [1.165, 1.54) is 20.0 Å². The van der Waals surface area contributed by atoms with E-state index in [0.717, 1.165) is 37.7 Å². The zero-order chi connectivity index (χ0) is 15.2. The van der Waals surface area contributed by atoms with Gasteiger partial charge in [-0.05, 0) is 57.8 Å². The fraction of sp³-hybridized carbons (Fsp3) is 0.625. The van der Waals surface area contributed by atoms with Crippen LogP contribution in [0.25, 0.3) is 0 Å². The molecule has 0 radical (unpaired) electrons. The topological polar surface area (TPSA) is 54.5 Å². The fourth-order valence-corrected chi connectivity index (χ4v) is 2.83. The molecular weight excluding hydrogens is 266 g/mol. The van der Waals surface area contributed by atoms with Gasteiger partial charge in [0, 0.05) is 13.1 Å². The molecule has 0 saturated carbocycles. The van der Waals surface area contributed by atoms with Gasteiger partial charge in [0.05, 0.1) is 18.4 Å². The highest BCUT2D eigenvalue weighted by molar-refractivity contribution is 5.90. The number of carbonyl (C=O) groups is 1. The number of nitrogens with one attached hydrogen (secondary N) is 1. The lowest BCUT2D eigenvalue weighted by atomic mass is 9.99. The number of rotatable bonds is 5. The molecule has 5 nitrogen and oxygen atoms in total. The first-order valence-electron chi connectivity index (χ1n) is 7.67. The average molecular weight is 291 g/mol. The van der Waals surface area contributed by atoms with Crippen LogP contribution in [0.15, 0.2) is 12.1 Å². The minimum absolute atomic E-state index is 0.328. The van der Waals surface area contributed by atoms with E-state index in [1.54, 1.807) is 0 Å². The molecule has 1 aromatic heterocycles. The van der Waals surface area contributed by atoms with E-state index in [9.17, 15) is 4.79 Å². The van der Waals surface area contributed by atoms with Gasteiger partial charge in [-0.3, -0.25) is 0 Å². The van der Waals surface area contributed by atoms with Crippen molar-refractivity contribution in [3.05, 3.63) is 23.4 Å². The summed E-state index contributed by atoms with van der Waals surface area (Å²) >= 11 is 0. The van der Waals surface area contributed by atoms with Gasteiger partial charge in [0.25, 0.3) is 0 Å². The van der Waals surface area contributed by atoms with Crippen LogP contribution in [0.4, 0.5) is 5.82 Å². The first kappa shape index (κ1) is 15.8. The van der Waals surface area contributed by atoms with Crippen molar-refractivity contribution in [2.24, 2.45) is 5.92 Å². The van der Waals surface area contributed by atoms with Crippen molar-refractivity contribution in [3.8, 4) is 0 Å². The highest BCUT2D eigenvalue weighted by Crippen LogP contribution is 2.19. The molecule has 2 heterocycles. The smallest absolute Gasteiger partial charge is 0.339 e. The molecule has 1 aliphatic heterocycles. The number of esters is 1. The molecule has 1 N–H and O–H groups in total. The van der Waals surface area contributed by atoms with Crippen LogP contribution < -0.4 is 10.2 Å². The molecule has 1 saturated heterocycles. The number of ether oxygens (including phenoxy) is 1. The van der Waals surface area contributed by atoms with E-state index >= 15 is 0 Å². The third kappa shape index (κ3) is 3.94. The summed E-state index contributed by atoms with van der Waals surface area (Å²) in [6, 6.07) is 3.73. The molecule has 1 unspecified atom stereocenters. The van der Waals surface area contributed by atoms with Crippen molar-refractivity contribution in [1.29, 1.82) is 0 Å². The molecule has 1 fully saturated rings. The summed E-state index contributed by atoms with van der Waals surface area (Å²) in [5.41, 5.74) is 1.26. The van der Waals surface area contributed by atoms with Crippen LogP contribution in [0.3, 0.4) is 0 Å².